The van der Waals surface area contributed by atoms with Crippen molar-refractivity contribution < 1.29 is 5.11 Å². The van der Waals surface area contributed by atoms with E-state index in [9.17, 15) is 5.11 Å². The number of nitrogens with zero attached hydrogens (tertiary/aromatic N) is 1. The summed E-state index contributed by atoms with van der Waals surface area (Å²) in [6.07, 6.45) is 5.21. The van der Waals surface area contributed by atoms with Crippen LogP contribution >= 0.6 is 0 Å². The highest BCUT2D eigenvalue weighted by Gasteiger charge is 2.45. The van der Waals surface area contributed by atoms with Crippen molar-refractivity contribution in [1.82, 2.24) is 4.90 Å². The molecule has 2 atom stereocenters. The van der Waals surface area contributed by atoms with Gasteiger partial charge < -0.3 is 10.0 Å². The molecule has 2 nitrogen and oxygen atoms in total. The molecule has 16 heavy (non-hydrogen) atoms. The van der Waals surface area contributed by atoms with Gasteiger partial charge in [-0.15, -0.1) is 0 Å². The van der Waals surface area contributed by atoms with Gasteiger partial charge in [0.05, 0.1) is 0 Å². The summed E-state index contributed by atoms with van der Waals surface area (Å²) in [6.45, 7) is 1.15. The zero-order valence-corrected chi connectivity index (χ0v) is 9.82. The van der Waals surface area contributed by atoms with E-state index in [1.54, 1.807) is 6.07 Å². The van der Waals surface area contributed by atoms with Gasteiger partial charge in [-0.1, -0.05) is 18.6 Å². The lowest BCUT2D eigenvalue weighted by Crippen LogP contribution is -2.29. The number of benzene rings is 1. The molecule has 86 valence electrons. The normalized spacial score (nSPS) is 34.2. The minimum Gasteiger partial charge on any atom is -0.508 e. The van der Waals surface area contributed by atoms with Crippen molar-refractivity contribution in [3.8, 4) is 5.75 Å². The van der Waals surface area contributed by atoms with Gasteiger partial charge in [-0.25, -0.2) is 0 Å². The van der Waals surface area contributed by atoms with E-state index >= 15 is 0 Å². The smallest absolute Gasteiger partial charge is 0.115 e. The summed E-state index contributed by atoms with van der Waals surface area (Å²) < 4.78 is 0. The summed E-state index contributed by atoms with van der Waals surface area (Å²) in [5.74, 6) is 0.406. The van der Waals surface area contributed by atoms with E-state index in [4.69, 9.17) is 0 Å². The van der Waals surface area contributed by atoms with Crippen molar-refractivity contribution in [1.29, 1.82) is 0 Å². The molecule has 1 aromatic rings. The van der Waals surface area contributed by atoms with Gasteiger partial charge in [0.2, 0.25) is 0 Å². The summed E-state index contributed by atoms with van der Waals surface area (Å²) in [4.78, 5) is 2.50. The van der Waals surface area contributed by atoms with Crippen LogP contribution in [0.5, 0.6) is 5.75 Å². The van der Waals surface area contributed by atoms with E-state index in [0.717, 1.165) is 12.6 Å². The maximum Gasteiger partial charge on any atom is 0.115 e. The Morgan fingerprint density at radius 3 is 3.12 bits per heavy atom. The SMILES string of the molecule is CN1C[C@]2(c3cccc(O)c3)CCC[C@H]1C2. The Balaban J connectivity index is 1.99. The van der Waals surface area contributed by atoms with Gasteiger partial charge in [-0.05, 0) is 44.0 Å². The molecule has 2 bridgehead atoms. The average Bonchev–Trinajstić information content (AvgIpc) is 2.51. The Labute approximate surface area is 96.9 Å². The van der Waals surface area contributed by atoms with Gasteiger partial charge in [0.25, 0.3) is 0 Å². The van der Waals surface area contributed by atoms with E-state index < -0.39 is 0 Å². The van der Waals surface area contributed by atoms with Crippen LogP contribution in [-0.2, 0) is 5.41 Å². The standard InChI is InChI=1S/C14H19NO/c1-15-10-14(7-3-5-12(15)9-14)11-4-2-6-13(16)8-11/h2,4,6,8,12,16H,3,5,7,9-10H2,1H3/t12-,14-/m0/s1. The van der Waals surface area contributed by atoms with Crippen LogP contribution in [0.3, 0.4) is 0 Å². The molecule has 0 amide bonds. The molecular weight excluding hydrogens is 198 g/mol. The van der Waals surface area contributed by atoms with Crippen LogP contribution in [0, 0.1) is 0 Å². The molecule has 2 aliphatic rings. The largest absolute Gasteiger partial charge is 0.508 e. The first-order valence-electron chi connectivity index (χ1n) is 6.19. The highest BCUT2D eigenvalue weighted by molar-refractivity contribution is 5.35. The molecule has 1 aromatic carbocycles. The zero-order valence-electron chi connectivity index (χ0n) is 9.82. The predicted octanol–water partition coefficient (Wildman–Crippen LogP) is 2.52. The molecule has 1 saturated carbocycles. The second-order valence-corrected chi connectivity index (χ2v) is 5.50. The Bertz CT molecular complexity index is 399. The maximum absolute atomic E-state index is 9.62. The number of rotatable bonds is 1. The summed E-state index contributed by atoms with van der Waals surface area (Å²) in [6, 6.07) is 8.64. The number of hydrogen-bond acceptors (Lipinski definition) is 2. The lowest BCUT2D eigenvalue weighted by molar-refractivity contribution is 0.294. The number of fused-ring (bicyclic) bond motifs is 2. The van der Waals surface area contributed by atoms with Crippen LogP contribution in [0.4, 0.5) is 0 Å². The quantitative estimate of drug-likeness (QED) is 0.781. The van der Waals surface area contributed by atoms with Crippen molar-refractivity contribution in [2.75, 3.05) is 13.6 Å². The molecule has 0 radical (unpaired) electrons. The molecule has 2 fully saturated rings. The summed E-state index contributed by atoms with van der Waals surface area (Å²) in [7, 11) is 2.24. The summed E-state index contributed by atoms with van der Waals surface area (Å²) in [5.41, 5.74) is 1.65. The lowest BCUT2D eigenvalue weighted by Gasteiger charge is -2.32. The van der Waals surface area contributed by atoms with Gasteiger partial charge >= 0.3 is 0 Å². The Morgan fingerprint density at radius 2 is 2.31 bits per heavy atom. The second kappa shape index (κ2) is 3.49. The summed E-state index contributed by atoms with van der Waals surface area (Å²) in [5, 5.41) is 9.62. The van der Waals surface area contributed by atoms with Gasteiger partial charge in [0, 0.05) is 18.0 Å². The molecule has 1 heterocycles. The first-order valence-corrected chi connectivity index (χ1v) is 6.19. The number of aromatic hydroxyl groups is 1. The van der Waals surface area contributed by atoms with Crippen LogP contribution in [0.2, 0.25) is 0 Å². The van der Waals surface area contributed by atoms with Crippen molar-refractivity contribution in [3.63, 3.8) is 0 Å². The van der Waals surface area contributed by atoms with Gasteiger partial charge in [0.1, 0.15) is 5.75 Å². The van der Waals surface area contributed by atoms with Gasteiger partial charge in [-0.3, -0.25) is 0 Å². The van der Waals surface area contributed by atoms with Crippen molar-refractivity contribution in [2.24, 2.45) is 0 Å². The highest BCUT2D eigenvalue weighted by atomic mass is 16.3. The topological polar surface area (TPSA) is 23.5 Å². The minimum absolute atomic E-state index is 0.316. The van der Waals surface area contributed by atoms with Crippen LogP contribution in [-0.4, -0.2) is 29.6 Å². The molecule has 1 aliphatic heterocycles. The molecule has 1 aliphatic carbocycles. The number of hydrogen-bond donors (Lipinski definition) is 1. The average molecular weight is 217 g/mol. The fourth-order valence-corrected chi connectivity index (χ4v) is 3.65. The van der Waals surface area contributed by atoms with Gasteiger partial charge in [0.15, 0.2) is 0 Å². The number of likely N-dealkylation sites (tertiary alicyclic amines) is 1. The first-order chi connectivity index (χ1) is 7.70. The van der Waals surface area contributed by atoms with E-state index in [1.807, 2.05) is 12.1 Å². The van der Waals surface area contributed by atoms with Crippen LogP contribution in [0.25, 0.3) is 0 Å². The Kier molecular flexibility index (Phi) is 2.21. The summed E-state index contributed by atoms with van der Waals surface area (Å²) >= 11 is 0. The van der Waals surface area contributed by atoms with Crippen molar-refractivity contribution in [2.45, 2.75) is 37.1 Å². The predicted molar refractivity (Wildman–Crippen MR) is 64.7 cm³/mol. The third kappa shape index (κ3) is 1.44. The first kappa shape index (κ1) is 10.2. The molecule has 1 saturated heterocycles. The molecule has 3 rings (SSSR count). The van der Waals surface area contributed by atoms with Crippen LogP contribution in [0.1, 0.15) is 31.2 Å². The van der Waals surface area contributed by atoms with Crippen molar-refractivity contribution in [3.05, 3.63) is 29.8 Å². The van der Waals surface area contributed by atoms with Crippen LogP contribution < -0.4 is 0 Å². The van der Waals surface area contributed by atoms with E-state index in [1.165, 1.54) is 31.2 Å². The number of phenols is 1. The number of likely N-dealkylation sites (N-methyl/N-ethyl adjacent to an activating group) is 1. The third-order valence-corrected chi connectivity index (χ3v) is 4.45. The van der Waals surface area contributed by atoms with Gasteiger partial charge in [-0.2, -0.15) is 0 Å². The molecule has 0 aromatic heterocycles. The van der Waals surface area contributed by atoms with Crippen molar-refractivity contribution >= 4 is 0 Å². The minimum atomic E-state index is 0.316. The molecule has 0 unspecified atom stereocenters. The fourth-order valence-electron chi connectivity index (χ4n) is 3.65. The van der Waals surface area contributed by atoms with E-state index in [-0.39, 0.29) is 0 Å². The van der Waals surface area contributed by atoms with E-state index in [2.05, 4.69) is 18.0 Å². The van der Waals surface area contributed by atoms with Crippen LogP contribution in [0.15, 0.2) is 24.3 Å². The fraction of sp³-hybridized carbons (Fsp3) is 0.571. The number of phenolic OH excluding ortho intramolecular Hbond substituents is 1. The van der Waals surface area contributed by atoms with E-state index in [0.29, 0.717) is 11.2 Å². The third-order valence-electron chi connectivity index (χ3n) is 4.45. The highest BCUT2D eigenvalue weighted by Crippen LogP contribution is 2.47. The monoisotopic (exact) mass is 217 g/mol. The lowest BCUT2D eigenvalue weighted by atomic mass is 9.71. The molecule has 1 N–H and O–H groups in total. The zero-order chi connectivity index (χ0) is 11.2. The molecule has 0 spiro atoms. The molecule has 2 heteroatoms. The maximum atomic E-state index is 9.62. The second-order valence-electron chi connectivity index (χ2n) is 5.50. The molecular formula is C14H19NO. The Hall–Kier alpha value is -1.02. The Morgan fingerprint density at radius 1 is 1.44 bits per heavy atom.